The molecule has 2 atom stereocenters. The highest BCUT2D eigenvalue weighted by molar-refractivity contribution is 5.94. The summed E-state index contributed by atoms with van der Waals surface area (Å²) in [7, 11) is 0. The molecule has 3 aliphatic rings. The molecular formula is C32H44N8O2. The van der Waals surface area contributed by atoms with Gasteiger partial charge in [-0.15, -0.1) is 0 Å². The number of amides is 2. The van der Waals surface area contributed by atoms with Crippen LogP contribution in [0.25, 0.3) is 11.2 Å². The van der Waals surface area contributed by atoms with Crippen LogP contribution in [0.15, 0.2) is 30.3 Å². The van der Waals surface area contributed by atoms with E-state index in [0.717, 1.165) is 29.5 Å². The second kappa shape index (κ2) is 11.9. The zero-order chi connectivity index (χ0) is 29.4. The third-order valence-corrected chi connectivity index (χ3v) is 9.87. The smallest absolute Gasteiger partial charge is 0.286 e. The normalized spacial score (nSPS) is 23.9. The van der Waals surface area contributed by atoms with E-state index in [0.29, 0.717) is 42.9 Å². The number of carbonyl (C=O) groups excluding carboxylic acids is 2. The maximum atomic E-state index is 12.5. The molecule has 0 spiro atoms. The van der Waals surface area contributed by atoms with Gasteiger partial charge in [0.2, 0.25) is 17.7 Å². The number of benzene rings is 1. The third kappa shape index (κ3) is 5.68. The van der Waals surface area contributed by atoms with E-state index in [9.17, 15) is 9.59 Å². The van der Waals surface area contributed by atoms with Gasteiger partial charge in [0, 0.05) is 39.1 Å². The first kappa shape index (κ1) is 28.4. The molecular weight excluding hydrogens is 528 g/mol. The average Bonchev–Trinajstić information content (AvgIpc) is 3.31. The van der Waals surface area contributed by atoms with Crippen LogP contribution in [-0.4, -0.2) is 61.9 Å². The Morgan fingerprint density at radius 1 is 1.02 bits per heavy atom. The van der Waals surface area contributed by atoms with Crippen LogP contribution in [0.5, 0.6) is 0 Å². The number of carbonyl (C=O) groups is 2. The molecule has 3 N–H and O–H groups in total. The third-order valence-electron chi connectivity index (χ3n) is 9.87. The molecule has 3 aromatic rings. The number of fused-ring (bicyclic) bond motifs is 1. The lowest BCUT2D eigenvalue weighted by Crippen LogP contribution is -2.50. The molecule has 0 bridgehead atoms. The molecule has 2 aromatic heterocycles. The van der Waals surface area contributed by atoms with Gasteiger partial charge in [0.15, 0.2) is 11.5 Å². The second-order valence-corrected chi connectivity index (χ2v) is 12.8. The van der Waals surface area contributed by atoms with Gasteiger partial charge in [-0.1, -0.05) is 56.5 Å². The number of piperazine rings is 1. The van der Waals surface area contributed by atoms with E-state index in [-0.39, 0.29) is 23.8 Å². The SMILES string of the molecule is CC(=O)N1CCN(c2nc3nc(C(N)=O)nc(N[C@H](C)C4CCC4)c3n2CC2CCC(C)CC2)[C@H](c2ccccc2)C1. The first-order valence-electron chi connectivity index (χ1n) is 15.7. The van der Waals surface area contributed by atoms with Gasteiger partial charge in [0.25, 0.3) is 5.91 Å². The molecule has 2 amide bonds. The number of nitrogens with zero attached hydrogens (tertiary/aromatic N) is 6. The van der Waals surface area contributed by atoms with Crippen LogP contribution < -0.4 is 16.0 Å². The molecule has 3 heterocycles. The van der Waals surface area contributed by atoms with E-state index in [4.69, 9.17) is 10.7 Å². The molecule has 42 heavy (non-hydrogen) atoms. The van der Waals surface area contributed by atoms with Crippen molar-refractivity contribution in [3.8, 4) is 0 Å². The van der Waals surface area contributed by atoms with Crippen molar-refractivity contribution < 1.29 is 9.59 Å². The van der Waals surface area contributed by atoms with E-state index < -0.39 is 5.91 Å². The van der Waals surface area contributed by atoms with Crippen molar-refractivity contribution in [2.45, 2.75) is 84.3 Å². The van der Waals surface area contributed by atoms with Crippen LogP contribution in [0, 0.1) is 17.8 Å². The lowest BCUT2D eigenvalue weighted by molar-refractivity contribution is -0.129. The van der Waals surface area contributed by atoms with Gasteiger partial charge >= 0.3 is 0 Å². The minimum atomic E-state index is -0.661. The van der Waals surface area contributed by atoms with Crippen molar-refractivity contribution >= 4 is 34.7 Å². The van der Waals surface area contributed by atoms with Crippen LogP contribution in [0.4, 0.5) is 11.8 Å². The van der Waals surface area contributed by atoms with Crippen molar-refractivity contribution in [1.82, 2.24) is 24.4 Å². The highest BCUT2D eigenvalue weighted by Gasteiger charge is 2.35. The van der Waals surface area contributed by atoms with Gasteiger partial charge < -0.3 is 25.4 Å². The van der Waals surface area contributed by atoms with Crippen molar-refractivity contribution in [3.63, 3.8) is 0 Å². The number of nitrogens with one attached hydrogen (secondary N) is 1. The number of imidazole rings is 1. The Morgan fingerprint density at radius 3 is 2.40 bits per heavy atom. The fourth-order valence-corrected chi connectivity index (χ4v) is 6.94. The van der Waals surface area contributed by atoms with Gasteiger partial charge in [-0.05, 0) is 55.9 Å². The maximum Gasteiger partial charge on any atom is 0.286 e. The molecule has 1 aliphatic heterocycles. The monoisotopic (exact) mass is 572 g/mol. The minimum absolute atomic E-state index is 0.0190. The zero-order valence-corrected chi connectivity index (χ0v) is 25.1. The summed E-state index contributed by atoms with van der Waals surface area (Å²) in [5.74, 6) is 2.69. The summed E-state index contributed by atoms with van der Waals surface area (Å²) < 4.78 is 2.30. The van der Waals surface area contributed by atoms with Gasteiger partial charge in [-0.25, -0.2) is 9.97 Å². The standard InChI is InChI=1S/C32H44N8O2/c1-20-12-14-23(15-13-20)18-40-27-29(34-21(2)24-10-7-11-24)35-31(28(33)42)36-30(27)37-32(40)39-17-16-38(22(3)41)19-26(39)25-8-5-4-6-9-25/h4-6,8-9,20-21,23-24,26H,7,10-19H2,1-3H3,(H2,33,42)(H,34,35,36)/t20?,21-,23?,26+/m1/s1. The summed E-state index contributed by atoms with van der Waals surface area (Å²) in [6.45, 7) is 8.81. The van der Waals surface area contributed by atoms with Gasteiger partial charge in [-0.3, -0.25) is 9.59 Å². The molecule has 10 heteroatoms. The predicted octanol–water partition coefficient (Wildman–Crippen LogP) is 4.76. The number of aromatic nitrogens is 4. The Bertz CT molecular complexity index is 1430. The Morgan fingerprint density at radius 2 is 1.76 bits per heavy atom. The molecule has 1 aromatic carbocycles. The van der Waals surface area contributed by atoms with Crippen LogP contribution in [0.1, 0.15) is 87.9 Å². The number of anilines is 2. The Balaban J connectivity index is 1.48. The largest absolute Gasteiger partial charge is 0.365 e. The molecule has 2 saturated carbocycles. The van der Waals surface area contributed by atoms with Gasteiger partial charge in [0.05, 0.1) is 6.04 Å². The van der Waals surface area contributed by atoms with E-state index in [1.54, 1.807) is 6.92 Å². The van der Waals surface area contributed by atoms with E-state index in [1.807, 2.05) is 23.1 Å². The topological polar surface area (TPSA) is 122 Å². The molecule has 224 valence electrons. The predicted molar refractivity (Wildman–Crippen MR) is 164 cm³/mol. The Kier molecular flexibility index (Phi) is 8.05. The van der Waals surface area contributed by atoms with Crippen molar-refractivity contribution in [2.24, 2.45) is 23.5 Å². The number of primary amides is 1. The molecule has 10 nitrogen and oxygen atoms in total. The van der Waals surface area contributed by atoms with Crippen LogP contribution in [-0.2, 0) is 11.3 Å². The first-order chi connectivity index (χ1) is 20.3. The minimum Gasteiger partial charge on any atom is -0.365 e. The number of hydrogen-bond donors (Lipinski definition) is 2. The van der Waals surface area contributed by atoms with Crippen LogP contribution >= 0.6 is 0 Å². The summed E-state index contributed by atoms with van der Waals surface area (Å²) >= 11 is 0. The van der Waals surface area contributed by atoms with Gasteiger partial charge in [-0.2, -0.15) is 4.98 Å². The molecule has 0 radical (unpaired) electrons. The van der Waals surface area contributed by atoms with E-state index >= 15 is 0 Å². The van der Waals surface area contributed by atoms with Crippen molar-refractivity contribution in [1.29, 1.82) is 0 Å². The summed E-state index contributed by atoms with van der Waals surface area (Å²) in [6.07, 6.45) is 8.41. The number of nitrogens with two attached hydrogens (primary N) is 1. The quantitative estimate of drug-likeness (QED) is 0.399. The Labute approximate surface area is 248 Å². The fourth-order valence-electron chi connectivity index (χ4n) is 6.94. The highest BCUT2D eigenvalue weighted by Crippen LogP contribution is 2.38. The first-order valence-corrected chi connectivity index (χ1v) is 15.7. The Hall–Kier alpha value is -3.69. The number of hydrogen-bond acceptors (Lipinski definition) is 7. The maximum absolute atomic E-state index is 12.5. The fraction of sp³-hybridized carbons (Fsp3) is 0.594. The van der Waals surface area contributed by atoms with Crippen LogP contribution in [0.2, 0.25) is 0 Å². The van der Waals surface area contributed by atoms with Gasteiger partial charge in [0.1, 0.15) is 5.52 Å². The summed E-state index contributed by atoms with van der Waals surface area (Å²) in [5, 5.41) is 3.66. The summed E-state index contributed by atoms with van der Waals surface area (Å²) in [5.41, 5.74) is 8.17. The van der Waals surface area contributed by atoms with Crippen molar-refractivity contribution in [3.05, 3.63) is 41.7 Å². The zero-order valence-electron chi connectivity index (χ0n) is 25.1. The second-order valence-electron chi connectivity index (χ2n) is 12.8. The lowest BCUT2D eigenvalue weighted by atomic mass is 9.80. The molecule has 1 saturated heterocycles. The highest BCUT2D eigenvalue weighted by atomic mass is 16.2. The summed E-state index contributed by atoms with van der Waals surface area (Å²) in [4.78, 5) is 43.5. The molecule has 0 unspecified atom stereocenters. The number of rotatable bonds is 8. The molecule has 6 rings (SSSR count). The summed E-state index contributed by atoms with van der Waals surface area (Å²) in [6, 6.07) is 10.5. The van der Waals surface area contributed by atoms with E-state index in [2.05, 4.69) is 50.7 Å². The van der Waals surface area contributed by atoms with Crippen LogP contribution in [0.3, 0.4) is 0 Å². The molecule has 3 fully saturated rings. The average molecular weight is 573 g/mol. The van der Waals surface area contributed by atoms with E-state index in [1.165, 1.54) is 44.9 Å². The molecule has 2 aliphatic carbocycles. The van der Waals surface area contributed by atoms with Crippen molar-refractivity contribution in [2.75, 3.05) is 29.9 Å². The lowest BCUT2D eigenvalue weighted by Gasteiger charge is -2.42.